The summed E-state index contributed by atoms with van der Waals surface area (Å²) in [5.41, 5.74) is 0.728. The summed E-state index contributed by atoms with van der Waals surface area (Å²) in [6.45, 7) is 4.02. The van der Waals surface area contributed by atoms with E-state index in [1.165, 1.54) is 0 Å². The molecular formula is C13H16ClNO2. The lowest BCUT2D eigenvalue weighted by atomic mass is 10.2. The van der Waals surface area contributed by atoms with Gasteiger partial charge in [-0.2, -0.15) is 0 Å². The first-order valence-corrected chi connectivity index (χ1v) is 5.99. The minimum absolute atomic E-state index is 0.0356. The number of nitrogens with one attached hydrogen (secondary N) is 1. The molecule has 0 aliphatic rings. The van der Waals surface area contributed by atoms with Crippen LogP contribution in [0.25, 0.3) is 0 Å². The molecule has 0 bridgehead atoms. The van der Waals surface area contributed by atoms with Crippen molar-refractivity contribution in [1.82, 2.24) is 0 Å². The van der Waals surface area contributed by atoms with Crippen LogP contribution in [0.4, 0.5) is 5.69 Å². The second-order valence-corrected chi connectivity index (χ2v) is 3.85. The fourth-order valence-electron chi connectivity index (χ4n) is 1.27. The van der Waals surface area contributed by atoms with E-state index in [1.54, 1.807) is 12.1 Å². The van der Waals surface area contributed by atoms with E-state index in [9.17, 15) is 4.79 Å². The molecule has 0 aliphatic carbocycles. The molecule has 1 aromatic carbocycles. The predicted molar refractivity (Wildman–Crippen MR) is 70.7 cm³/mol. The van der Waals surface area contributed by atoms with Gasteiger partial charge in [-0.25, -0.2) is 0 Å². The Hall–Kier alpha value is -1.48. The van der Waals surface area contributed by atoms with E-state index in [-0.39, 0.29) is 5.91 Å². The molecule has 1 amide bonds. The van der Waals surface area contributed by atoms with Gasteiger partial charge in [0.25, 0.3) is 0 Å². The van der Waals surface area contributed by atoms with E-state index >= 15 is 0 Å². The van der Waals surface area contributed by atoms with Gasteiger partial charge in [-0.1, -0.05) is 18.7 Å². The van der Waals surface area contributed by atoms with Gasteiger partial charge >= 0.3 is 0 Å². The second kappa shape index (κ2) is 7.74. The number of alkyl halides is 1. The minimum atomic E-state index is -0.0356. The third kappa shape index (κ3) is 5.41. The van der Waals surface area contributed by atoms with Crippen LogP contribution in [0.5, 0.6) is 5.75 Å². The summed E-state index contributed by atoms with van der Waals surface area (Å²) in [6.07, 6.45) is 2.78. The molecule has 17 heavy (non-hydrogen) atoms. The van der Waals surface area contributed by atoms with Crippen molar-refractivity contribution < 1.29 is 9.53 Å². The number of rotatable bonds is 7. The van der Waals surface area contributed by atoms with E-state index in [4.69, 9.17) is 16.3 Å². The van der Waals surface area contributed by atoms with Gasteiger partial charge in [0, 0.05) is 24.1 Å². The van der Waals surface area contributed by atoms with Crippen LogP contribution in [0.1, 0.15) is 12.8 Å². The molecular weight excluding hydrogens is 238 g/mol. The topological polar surface area (TPSA) is 38.3 Å². The van der Waals surface area contributed by atoms with E-state index in [2.05, 4.69) is 11.9 Å². The number of ether oxygens (including phenoxy) is 1. The Morgan fingerprint density at radius 1 is 1.53 bits per heavy atom. The van der Waals surface area contributed by atoms with Crippen molar-refractivity contribution in [2.75, 3.05) is 17.8 Å². The molecule has 0 atom stereocenters. The highest BCUT2D eigenvalue weighted by Crippen LogP contribution is 2.17. The fourth-order valence-corrected chi connectivity index (χ4v) is 1.40. The minimum Gasteiger partial charge on any atom is -0.489 e. The lowest BCUT2D eigenvalue weighted by molar-refractivity contribution is -0.116. The first-order valence-electron chi connectivity index (χ1n) is 5.46. The van der Waals surface area contributed by atoms with Crippen molar-refractivity contribution in [2.45, 2.75) is 12.8 Å². The highest BCUT2D eigenvalue weighted by atomic mass is 35.5. The molecule has 0 fully saturated rings. The largest absolute Gasteiger partial charge is 0.489 e. The summed E-state index contributed by atoms with van der Waals surface area (Å²) >= 11 is 5.52. The molecule has 1 aromatic rings. The molecule has 0 unspecified atom stereocenters. The summed E-state index contributed by atoms with van der Waals surface area (Å²) in [5, 5.41) is 2.79. The summed E-state index contributed by atoms with van der Waals surface area (Å²) in [4.78, 5) is 11.5. The van der Waals surface area contributed by atoms with Crippen molar-refractivity contribution in [2.24, 2.45) is 0 Å². The number of carbonyl (C=O) groups is 1. The fraction of sp³-hybridized carbons (Fsp3) is 0.308. The zero-order valence-corrected chi connectivity index (χ0v) is 10.4. The van der Waals surface area contributed by atoms with E-state index in [0.29, 0.717) is 31.1 Å². The summed E-state index contributed by atoms with van der Waals surface area (Å²) in [7, 11) is 0. The lowest BCUT2D eigenvalue weighted by Gasteiger charge is -2.07. The van der Waals surface area contributed by atoms with Crippen LogP contribution in [0.2, 0.25) is 0 Å². The van der Waals surface area contributed by atoms with Gasteiger partial charge in [0.05, 0.1) is 0 Å². The Balaban J connectivity index is 2.52. The van der Waals surface area contributed by atoms with Gasteiger partial charge in [0.2, 0.25) is 5.91 Å². The maximum Gasteiger partial charge on any atom is 0.224 e. The maximum atomic E-state index is 11.5. The van der Waals surface area contributed by atoms with Gasteiger partial charge in [-0.15, -0.1) is 11.6 Å². The van der Waals surface area contributed by atoms with Crippen molar-refractivity contribution in [3.05, 3.63) is 36.9 Å². The molecule has 0 aliphatic heterocycles. The van der Waals surface area contributed by atoms with Crippen LogP contribution in [0.3, 0.4) is 0 Å². The van der Waals surface area contributed by atoms with Crippen molar-refractivity contribution >= 4 is 23.2 Å². The standard InChI is InChI=1S/C13H16ClNO2/c1-2-9-17-12-6-3-5-11(10-12)15-13(16)7-4-8-14/h2-3,5-6,10H,1,4,7-9H2,(H,15,16). The first-order chi connectivity index (χ1) is 8.26. The summed E-state index contributed by atoms with van der Waals surface area (Å²) < 4.78 is 5.37. The van der Waals surface area contributed by atoms with Crippen molar-refractivity contribution in [1.29, 1.82) is 0 Å². The Bertz CT molecular complexity index is 379. The SMILES string of the molecule is C=CCOc1cccc(NC(=O)CCCCl)c1. The molecule has 0 saturated heterocycles. The Kier molecular flexibility index (Phi) is 6.18. The van der Waals surface area contributed by atoms with Gasteiger partial charge in [-0.3, -0.25) is 4.79 Å². The molecule has 0 spiro atoms. The number of benzene rings is 1. The molecule has 92 valence electrons. The zero-order chi connectivity index (χ0) is 12.5. The summed E-state index contributed by atoms with van der Waals surface area (Å²) in [6, 6.07) is 7.26. The molecule has 0 aromatic heterocycles. The second-order valence-electron chi connectivity index (χ2n) is 3.47. The normalized spacial score (nSPS) is 9.71. The van der Waals surface area contributed by atoms with Crippen LogP contribution in [-0.2, 0) is 4.79 Å². The van der Waals surface area contributed by atoms with Crippen LogP contribution in [0, 0.1) is 0 Å². The summed E-state index contributed by atoms with van der Waals surface area (Å²) in [5.74, 6) is 1.17. The number of carbonyl (C=O) groups excluding carboxylic acids is 1. The van der Waals surface area contributed by atoms with E-state index < -0.39 is 0 Å². The van der Waals surface area contributed by atoms with Crippen LogP contribution in [0.15, 0.2) is 36.9 Å². The number of hydrogen-bond donors (Lipinski definition) is 1. The molecule has 3 nitrogen and oxygen atoms in total. The van der Waals surface area contributed by atoms with Gasteiger partial charge < -0.3 is 10.1 Å². The number of anilines is 1. The Morgan fingerprint density at radius 2 is 2.35 bits per heavy atom. The lowest BCUT2D eigenvalue weighted by Crippen LogP contribution is -2.11. The molecule has 0 heterocycles. The third-order valence-electron chi connectivity index (χ3n) is 2.02. The zero-order valence-electron chi connectivity index (χ0n) is 9.62. The number of halogens is 1. The number of hydrogen-bond acceptors (Lipinski definition) is 2. The van der Waals surface area contributed by atoms with E-state index in [1.807, 2.05) is 18.2 Å². The Labute approximate surface area is 106 Å². The van der Waals surface area contributed by atoms with Crippen LogP contribution < -0.4 is 10.1 Å². The van der Waals surface area contributed by atoms with Gasteiger partial charge in [0.15, 0.2) is 0 Å². The van der Waals surface area contributed by atoms with Crippen molar-refractivity contribution in [3.63, 3.8) is 0 Å². The molecule has 4 heteroatoms. The highest BCUT2D eigenvalue weighted by Gasteiger charge is 2.02. The van der Waals surface area contributed by atoms with Crippen LogP contribution >= 0.6 is 11.6 Å². The van der Waals surface area contributed by atoms with Crippen LogP contribution in [-0.4, -0.2) is 18.4 Å². The molecule has 1 N–H and O–H groups in total. The monoisotopic (exact) mass is 253 g/mol. The molecule has 0 saturated carbocycles. The highest BCUT2D eigenvalue weighted by molar-refractivity contribution is 6.18. The average molecular weight is 254 g/mol. The molecule has 0 radical (unpaired) electrons. The van der Waals surface area contributed by atoms with E-state index in [0.717, 1.165) is 5.69 Å². The quantitative estimate of drug-likeness (QED) is 0.599. The predicted octanol–water partition coefficient (Wildman–Crippen LogP) is 3.21. The smallest absolute Gasteiger partial charge is 0.224 e. The van der Waals surface area contributed by atoms with Crippen molar-refractivity contribution in [3.8, 4) is 5.75 Å². The Morgan fingerprint density at radius 3 is 3.06 bits per heavy atom. The maximum absolute atomic E-state index is 11.5. The van der Waals surface area contributed by atoms with Gasteiger partial charge in [0.1, 0.15) is 12.4 Å². The average Bonchev–Trinajstić information content (AvgIpc) is 2.34. The first kappa shape index (κ1) is 13.6. The van der Waals surface area contributed by atoms with Gasteiger partial charge in [-0.05, 0) is 18.6 Å². The third-order valence-corrected chi connectivity index (χ3v) is 2.29. The molecule has 1 rings (SSSR count). The number of amides is 1.